The molecule has 0 bridgehead atoms. The van der Waals surface area contributed by atoms with E-state index >= 15 is 0 Å². The number of hydrogen-bond acceptors (Lipinski definition) is 4. The molecule has 0 spiro atoms. The Morgan fingerprint density at radius 3 is 2.38 bits per heavy atom. The van der Waals surface area contributed by atoms with E-state index in [4.69, 9.17) is 4.98 Å². The molecule has 2 aromatic rings. The number of hydrogen-bond donors (Lipinski definition) is 1. The molecule has 0 aliphatic rings. The minimum atomic E-state index is -0.0808. The van der Waals surface area contributed by atoms with E-state index < -0.39 is 0 Å². The van der Waals surface area contributed by atoms with Gasteiger partial charge >= 0.3 is 0 Å². The number of anilines is 1. The molecule has 1 aromatic carbocycles. The molecule has 1 aromatic heterocycles. The van der Waals surface area contributed by atoms with Crippen molar-refractivity contribution in [3.8, 4) is 0 Å². The third kappa shape index (κ3) is 3.77. The van der Waals surface area contributed by atoms with Crippen molar-refractivity contribution in [3.63, 3.8) is 0 Å². The predicted molar refractivity (Wildman–Crippen MR) is 93.3 cm³/mol. The molecule has 5 heteroatoms. The molecule has 0 aliphatic carbocycles. The van der Waals surface area contributed by atoms with Gasteiger partial charge in [-0.3, -0.25) is 0 Å². The van der Waals surface area contributed by atoms with Gasteiger partial charge in [-0.15, -0.1) is 0 Å². The molecular weight excluding hydrogens is 346 g/mol. The van der Waals surface area contributed by atoms with Gasteiger partial charge in [-0.1, -0.05) is 44.7 Å². The maximum atomic E-state index is 4.78. The Bertz CT molecular complexity index is 650. The van der Waals surface area contributed by atoms with Crippen LogP contribution < -0.4 is 5.32 Å². The second kappa shape index (κ2) is 6.36. The number of rotatable bonds is 3. The highest BCUT2D eigenvalue weighted by Crippen LogP contribution is 2.36. The summed E-state index contributed by atoms with van der Waals surface area (Å²) < 4.78 is 1.08. The van der Waals surface area contributed by atoms with Crippen molar-refractivity contribution in [2.24, 2.45) is 0 Å². The Kier molecular flexibility index (Phi) is 4.94. The number of benzene rings is 1. The molecule has 3 nitrogen and oxygen atoms in total. The normalized spacial score (nSPS) is 11.5. The zero-order valence-electron chi connectivity index (χ0n) is 13.0. The van der Waals surface area contributed by atoms with Gasteiger partial charge in [0, 0.05) is 27.4 Å². The minimum absolute atomic E-state index is 0.0808. The lowest BCUT2D eigenvalue weighted by Crippen LogP contribution is -2.18. The van der Waals surface area contributed by atoms with Crippen LogP contribution in [0.4, 0.5) is 5.82 Å². The summed E-state index contributed by atoms with van der Waals surface area (Å²) in [6, 6.07) is 8.18. The van der Waals surface area contributed by atoms with Crippen LogP contribution >= 0.6 is 27.7 Å². The van der Waals surface area contributed by atoms with Crippen LogP contribution in [0.5, 0.6) is 0 Å². The largest absolute Gasteiger partial charge is 0.373 e. The van der Waals surface area contributed by atoms with Crippen molar-refractivity contribution in [1.82, 2.24) is 9.97 Å². The van der Waals surface area contributed by atoms with Crippen molar-refractivity contribution in [2.75, 3.05) is 12.4 Å². The van der Waals surface area contributed by atoms with Gasteiger partial charge in [-0.2, -0.15) is 0 Å². The van der Waals surface area contributed by atoms with Crippen molar-refractivity contribution >= 4 is 33.5 Å². The van der Waals surface area contributed by atoms with Crippen molar-refractivity contribution < 1.29 is 0 Å². The Morgan fingerprint density at radius 2 is 1.81 bits per heavy atom. The lowest BCUT2D eigenvalue weighted by Gasteiger charge is -2.20. The molecule has 0 saturated heterocycles. The maximum absolute atomic E-state index is 4.78. The smallest absolute Gasteiger partial charge is 0.137 e. The fourth-order valence-corrected chi connectivity index (χ4v) is 3.24. The van der Waals surface area contributed by atoms with Crippen LogP contribution in [-0.4, -0.2) is 17.0 Å². The molecular formula is C16H20BrN3S. The first-order chi connectivity index (χ1) is 9.82. The Morgan fingerprint density at radius 1 is 1.14 bits per heavy atom. The zero-order valence-corrected chi connectivity index (χ0v) is 15.4. The molecule has 1 heterocycles. The van der Waals surface area contributed by atoms with E-state index in [-0.39, 0.29) is 5.41 Å². The lowest BCUT2D eigenvalue weighted by molar-refractivity contribution is 0.538. The Balaban J connectivity index is 2.50. The summed E-state index contributed by atoms with van der Waals surface area (Å²) in [5.41, 5.74) is 0.994. The topological polar surface area (TPSA) is 37.8 Å². The van der Waals surface area contributed by atoms with Crippen LogP contribution in [-0.2, 0) is 5.41 Å². The molecule has 1 N–H and O–H groups in total. The highest BCUT2D eigenvalue weighted by Gasteiger charge is 2.21. The van der Waals surface area contributed by atoms with Crippen LogP contribution in [0.3, 0.4) is 0 Å². The van der Waals surface area contributed by atoms with Crippen LogP contribution in [0.2, 0.25) is 0 Å². The summed E-state index contributed by atoms with van der Waals surface area (Å²) in [6.45, 7) is 8.44. The highest BCUT2D eigenvalue weighted by atomic mass is 79.9. The predicted octanol–water partition coefficient (Wildman–Crippen LogP) is 5.04. The Labute approximate surface area is 139 Å². The van der Waals surface area contributed by atoms with Crippen LogP contribution in [0.25, 0.3) is 0 Å². The molecule has 0 fully saturated rings. The molecule has 0 aliphatic heterocycles. The monoisotopic (exact) mass is 365 g/mol. The molecule has 21 heavy (non-hydrogen) atoms. The summed E-state index contributed by atoms with van der Waals surface area (Å²) in [7, 11) is 1.90. The van der Waals surface area contributed by atoms with E-state index in [1.807, 2.05) is 25.2 Å². The van der Waals surface area contributed by atoms with Gasteiger partial charge in [-0.05, 0) is 35.0 Å². The van der Waals surface area contributed by atoms with E-state index in [1.54, 1.807) is 11.8 Å². The van der Waals surface area contributed by atoms with E-state index in [0.29, 0.717) is 0 Å². The average Bonchev–Trinajstić information content (AvgIpc) is 2.42. The number of aromatic nitrogens is 2. The van der Waals surface area contributed by atoms with Gasteiger partial charge in [0.25, 0.3) is 0 Å². The SMILES string of the molecule is CNc1nc(C(C)(C)C)nc(Sc2ccccc2Br)c1C. The minimum Gasteiger partial charge on any atom is -0.373 e. The summed E-state index contributed by atoms with van der Waals surface area (Å²) in [5, 5.41) is 4.16. The Hall–Kier alpha value is -1.07. The molecule has 0 amide bonds. The molecule has 0 radical (unpaired) electrons. The maximum Gasteiger partial charge on any atom is 0.137 e. The fourth-order valence-electron chi connectivity index (χ4n) is 1.81. The van der Waals surface area contributed by atoms with Gasteiger partial charge in [-0.25, -0.2) is 9.97 Å². The second-order valence-electron chi connectivity index (χ2n) is 5.86. The van der Waals surface area contributed by atoms with Crippen LogP contribution in [0, 0.1) is 6.92 Å². The first-order valence-corrected chi connectivity index (χ1v) is 8.43. The second-order valence-corrected chi connectivity index (χ2v) is 7.74. The summed E-state index contributed by atoms with van der Waals surface area (Å²) in [6.07, 6.45) is 0. The molecule has 2 rings (SSSR count). The van der Waals surface area contributed by atoms with Gasteiger partial charge in [0.1, 0.15) is 16.7 Å². The first-order valence-electron chi connectivity index (χ1n) is 6.82. The van der Waals surface area contributed by atoms with Crippen LogP contribution in [0.15, 0.2) is 38.7 Å². The average molecular weight is 366 g/mol. The zero-order chi connectivity index (χ0) is 15.6. The van der Waals surface area contributed by atoms with Crippen molar-refractivity contribution in [2.45, 2.75) is 43.0 Å². The van der Waals surface area contributed by atoms with Gasteiger partial charge in [0.05, 0.1) is 0 Å². The van der Waals surface area contributed by atoms with Gasteiger partial charge in [0.15, 0.2) is 0 Å². The van der Waals surface area contributed by atoms with Gasteiger partial charge < -0.3 is 5.32 Å². The molecule has 0 saturated carbocycles. The third-order valence-electron chi connectivity index (χ3n) is 3.05. The van der Waals surface area contributed by atoms with E-state index in [2.05, 4.69) is 60.0 Å². The quantitative estimate of drug-likeness (QED) is 0.773. The van der Waals surface area contributed by atoms with E-state index in [9.17, 15) is 0 Å². The number of nitrogens with one attached hydrogen (secondary N) is 1. The fraction of sp³-hybridized carbons (Fsp3) is 0.375. The highest BCUT2D eigenvalue weighted by molar-refractivity contribution is 9.10. The first kappa shape index (κ1) is 16.3. The van der Waals surface area contributed by atoms with Gasteiger partial charge in [0.2, 0.25) is 0 Å². The number of nitrogens with zero attached hydrogens (tertiary/aromatic N) is 2. The molecule has 0 unspecified atom stereocenters. The summed E-state index contributed by atoms with van der Waals surface area (Å²) in [5.74, 6) is 1.75. The molecule has 0 atom stereocenters. The van der Waals surface area contributed by atoms with Crippen LogP contribution in [0.1, 0.15) is 32.2 Å². The lowest BCUT2D eigenvalue weighted by atomic mass is 9.95. The summed E-state index contributed by atoms with van der Waals surface area (Å²) >= 11 is 5.25. The van der Waals surface area contributed by atoms with Crippen molar-refractivity contribution in [1.29, 1.82) is 0 Å². The van der Waals surface area contributed by atoms with E-state index in [1.165, 1.54) is 0 Å². The number of halogens is 1. The van der Waals surface area contributed by atoms with Crippen molar-refractivity contribution in [3.05, 3.63) is 40.1 Å². The standard InChI is InChI=1S/C16H20BrN3S/c1-10-13(18-5)19-15(16(2,3)4)20-14(10)21-12-9-7-6-8-11(12)17/h6-9H,1-5H3,(H,18,19,20). The van der Waals surface area contributed by atoms with E-state index in [0.717, 1.165) is 31.6 Å². The third-order valence-corrected chi connectivity index (χ3v) is 5.17. The molecule has 112 valence electrons. The summed E-state index contributed by atoms with van der Waals surface area (Å²) in [4.78, 5) is 10.6.